The van der Waals surface area contributed by atoms with Gasteiger partial charge in [-0.3, -0.25) is 9.97 Å². The van der Waals surface area contributed by atoms with Gasteiger partial charge in [0.2, 0.25) is 0 Å². The van der Waals surface area contributed by atoms with Crippen LogP contribution < -0.4 is 10.6 Å². The highest BCUT2D eigenvalue weighted by atomic mass is 19.1. The summed E-state index contributed by atoms with van der Waals surface area (Å²) < 4.78 is 40.1. The first kappa shape index (κ1) is 53.8. The van der Waals surface area contributed by atoms with Crippen LogP contribution in [0.1, 0.15) is 112 Å². The standard InChI is InChI=1S/2C29H33FN2O.C4H4O4/c2*30-26-9-7-25(8-10-26)28(16-20-33-29(22-28)13-3-4-14-29)15-19-32-21-24-5-1-2-6-27(24)23-11-17-31-18-12-23;5-3(6)1-2-4(7)8/h2*1-2,5-12,17-18,32H,3-4,13-16,19-22H2;1-2H,(H,5,6)(H,7,8)/b;;2-1+. The van der Waals surface area contributed by atoms with E-state index >= 15 is 0 Å². The second kappa shape index (κ2) is 25.7. The fourth-order valence-corrected chi connectivity index (χ4v) is 12.2. The number of halogens is 2. The Morgan fingerprint density at radius 3 is 1.24 bits per heavy atom. The van der Waals surface area contributed by atoms with E-state index in [1.54, 1.807) is 24.3 Å². The maximum Gasteiger partial charge on any atom is 0.328 e. The number of nitrogens with one attached hydrogen (secondary N) is 2. The van der Waals surface area contributed by atoms with Gasteiger partial charge < -0.3 is 30.3 Å². The Morgan fingerprint density at radius 1 is 0.514 bits per heavy atom. The lowest BCUT2D eigenvalue weighted by Crippen LogP contribution is -2.47. The fourth-order valence-electron chi connectivity index (χ4n) is 12.2. The highest BCUT2D eigenvalue weighted by molar-refractivity contribution is 5.89. The van der Waals surface area contributed by atoms with Crippen LogP contribution in [-0.4, -0.2) is 69.6 Å². The molecule has 12 heteroatoms. The average molecular weight is 1010 g/mol. The molecule has 2 saturated heterocycles. The third-order valence-corrected chi connectivity index (χ3v) is 15.8. The molecule has 2 spiro atoms. The number of hydrogen-bond donors (Lipinski definition) is 4. The molecule has 2 aromatic heterocycles. The molecule has 0 bridgehead atoms. The van der Waals surface area contributed by atoms with Crippen molar-refractivity contribution in [1.82, 2.24) is 20.6 Å². The molecular formula is C62H70F2N4O6. The lowest BCUT2D eigenvalue weighted by molar-refractivity contribution is -0.134. The summed E-state index contributed by atoms with van der Waals surface area (Å²) in [5.41, 5.74) is 10.1. The summed E-state index contributed by atoms with van der Waals surface area (Å²) in [7, 11) is 0. The monoisotopic (exact) mass is 1000 g/mol. The largest absolute Gasteiger partial charge is 0.478 e. The number of carbonyl (C=O) groups is 2. The van der Waals surface area contributed by atoms with Crippen molar-refractivity contribution in [3.63, 3.8) is 0 Å². The Kier molecular flexibility index (Phi) is 18.7. The first-order valence-electron chi connectivity index (χ1n) is 26.3. The average Bonchev–Trinajstić information content (AvgIpc) is 4.08. The number of benzene rings is 4. The minimum atomic E-state index is -1.26. The van der Waals surface area contributed by atoms with E-state index in [9.17, 15) is 18.4 Å². The second-order valence-corrected chi connectivity index (χ2v) is 20.6. The van der Waals surface area contributed by atoms with Crippen molar-refractivity contribution in [2.24, 2.45) is 0 Å². The number of carboxylic acids is 2. The highest BCUT2D eigenvalue weighted by Crippen LogP contribution is 2.51. The second-order valence-electron chi connectivity index (χ2n) is 20.6. The summed E-state index contributed by atoms with van der Waals surface area (Å²) in [6, 6.07) is 39.8. The Morgan fingerprint density at radius 2 is 0.878 bits per heavy atom. The summed E-state index contributed by atoms with van der Waals surface area (Å²) in [6.45, 7) is 5.06. The number of carboxylic acid groups (broad SMARTS) is 2. The van der Waals surface area contributed by atoms with Gasteiger partial charge in [-0.25, -0.2) is 18.4 Å². The van der Waals surface area contributed by atoms with Crippen LogP contribution in [0, 0.1) is 11.6 Å². The summed E-state index contributed by atoms with van der Waals surface area (Å²) >= 11 is 0. The van der Waals surface area contributed by atoms with Crippen LogP contribution in [0.2, 0.25) is 0 Å². The van der Waals surface area contributed by atoms with Gasteiger partial charge in [0, 0.05) is 74.1 Å². The van der Waals surface area contributed by atoms with E-state index in [1.165, 1.54) is 70.2 Å². The Bertz CT molecular complexity index is 2560. The van der Waals surface area contributed by atoms with E-state index in [0.29, 0.717) is 12.2 Å². The third kappa shape index (κ3) is 14.2. The highest BCUT2D eigenvalue weighted by Gasteiger charge is 2.49. The van der Waals surface area contributed by atoms with Gasteiger partial charge in [-0.15, -0.1) is 0 Å². The van der Waals surface area contributed by atoms with Crippen LogP contribution in [0.15, 0.2) is 158 Å². The van der Waals surface area contributed by atoms with Crippen LogP contribution in [-0.2, 0) is 43.0 Å². The number of aliphatic carboxylic acids is 2. The summed E-state index contributed by atoms with van der Waals surface area (Å²) in [5.74, 6) is -2.84. The minimum absolute atomic E-state index is 0.0145. The molecule has 2 unspecified atom stereocenters. The van der Waals surface area contributed by atoms with Gasteiger partial charge in [-0.1, -0.05) is 98.5 Å². The maximum atomic E-state index is 13.7. The van der Waals surface area contributed by atoms with E-state index in [0.717, 1.165) is 104 Å². The van der Waals surface area contributed by atoms with Gasteiger partial charge in [0.05, 0.1) is 11.2 Å². The van der Waals surface area contributed by atoms with Crippen LogP contribution >= 0.6 is 0 Å². The molecule has 4 heterocycles. The smallest absolute Gasteiger partial charge is 0.328 e. The quantitative estimate of drug-likeness (QED) is 0.0547. The van der Waals surface area contributed by atoms with Gasteiger partial charge in [0.15, 0.2) is 0 Å². The predicted octanol–water partition coefficient (Wildman–Crippen LogP) is 12.6. The predicted molar refractivity (Wildman–Crippen MR) is 285 cm³/mol. The van der Waals surface area contributed by atoms with Crippen LogP contribution in [0.4, 0.5) is 8.78 Å². The SMILES string of the molecule is Fc1ccc(C2(CCNCc3ccccc3-c3ccncc3)CCOC3(CCCC3)C2)cc1.Fc1ccc(C2(CCNCc3ccccc3-c3ccncc3)CCOC3(CCCC3)C2)cc1.O=C(O)/C=C/C(=O)O. The topological polar surface area (TPSA) is 143 Å². The van der Waals surface area contributed by atoms with E-state index in [4.69, 9.17) is 19.7 Å². The summed E-state index contributed by atoms with van der Waals surface area (Å²) in [5, 5.41) is 23.1. The van der Waals surface area contributed by atoms with Gasteiger partial charge in [0.1, 0.15) is 11.6 Å². The molecule has 0 radical (unpaired) electrons. The van der Waals surface area contributed by atoms with E-state index in [-0.39, 0.29) is 33.7 Å². The maximum absolute atomic E-state index is 13.7. The van der Waals surface area contributed by atoms with Crippen LogP contribution in [0.5, 0.6) is 0 Å². The lowest BCUT2D eigenvalue weighted by Gasteiger charge is -2.47. The number of hydrogen-bond acceptors (Lipinski definition) is 8. The lowest BCUT2D eigenvalue weighted by atomic mass is 9.66. The Labute approximate surface area is 434 Å². The summed E-state index contributed by atoms with van der Waals surface area (Å²) in [6.07, 6.45) is 24.3. The van der Waals surface area contributed by atoms with Gasteiger partial charge in [0.25, 0.3) is 0 Å². The van der Waals surface area contributed by atoms with Gasteiger partial charge >= 0.3 is 11.9 Å². The molecule has 4 fully saturated rings. The normalized spacial score (nSPS) is 20.6. The molecule has 2 saturated carbocycles. The van der Waals surface area contributed by atoms with Gasteiger partial charge in [-0.2, -0.15) is 0 Å². The van der Waals surface area contributed by atoms with Crippen molar-refractivity contribution in [1.29, 1.82) is 0 Å². The molecule has 10 nitrogen and oxygen atoms in total. The van der Waals surface area contributed by atoms with Crippen molar-refractivity contribution >= 4 is 11.9 Å². The zero-order chi connectivity index (χ0) is 51.7. The van der Waals surface area contributed by atoms with Crippen LogP contribution in [0.3, 0.4) is 0 Å². The van der Waals surface area contributed by atoms with E-state index in [2.05, 4.69) is 93.4 Å². The number of aromatic nitrogens is 2. The molecule has 2 aliphatic carbocycles. The molecule has 4 aliphatic rings. The molecule has 2 aliphatic heterocycles. The number of nitrogens with zero attached hydrogens (tertiary/aromatic N) is 2. The zero-order valence-corrected chi connectivity index (χ0v) is 42.3. The van der Waals surface area contributed by atoms with Crippen molar-refractivity contribution in [3.05, 3.63) is 192 Å². The molecule has 4 N–H and O–H groups in total. The molecule has 6 aromatic rings. The first-order chi connectivity index (χ1) is 36.0. The molecule has 2 atom stereocenters. The minimum Gasteiger partial charge on any atom is -0.478 e. The van der Waals surface area contributed by atoms with Crippen molar-refractivity contribution in [3.8, 4) is 22.3 Å². The van der Waals surface area contributed by atoms with E-state index < -0.39 is 11.9 Å². The first-order valence-corrected chi connectivity index (χ1v) is 26.3. The van der Waals surface area contributed by atoms with Crippen molar-refractivity contribution < 1.29 is 38.1 Å². The zero-order valence-electron chi connectivity index (χ0n) is 42.3. The fraction of sp³-hybridized carbons (Fsp3) is 0.387. The molecule has 0 amide bonds. The van der Waals surface area contributed by atoms with Crippen molar-refractivity contribution in [2.75, 3.05) is 26.3 Å². The van der Waals surface area contributed by atoms with Gasteiger partial charge in [-0.05, 0) is 170 Å². The third-order valence-electron chi connectivity index (χ3n) is 15.8. The molecule has 10 rings (SSSR count). The van der Waals surface area contributed by atoms with Crippen molar-refractivity contribution in [2.45, 2.75) is 125 Å². The summed E-state index contributed by atoms with van der Waals surface area (Å²) in [4.78, 5) is 27.4. The number of ether oxygens (including phenoxy) is 2. The Balaban J connectivity index is 0.000000172. The van der Waals surface area contributed by atoms with E-state index in [1.807, 2.05) is 49.1 Å². The molecule has 4 aromatic carbocycles. The molecule has 74 heavy (non-hydrogen) atoms. The Hall–Kier alpha value is -6.44. The number of rotatable bonds is 16. The van der Waals surface area contributed by atoms with Crippen LogP contribution in [0.25, 0.3) is 22.3 Å². The molecule has 388 valence electrons. The molecular weight excluding hydrogens is 935 g/mol. The number of pyridine rings is 2.